The third kappa shape index (κ3) is 2.10. The van der Waals surface area contributed by atoms with Gasteiger partial charge in [-0.3, -0.25) is 0 Å². The Morgan fingerprint density at radius 1 is 1.60 bits per heavy atom. The number of alkyl halides is 1. The molecule has 0 bridgehead atoms. The molecule has 1 aromatic carbocycles. The second-order valence-electron chi connectivity index (χ2n) is 4.86. The van der Waals surface area contributed by atoms with E-state index >= 15 is 0 Å². The SMILES string of the molecule is CCOC(=O)c1cc2ccc(C3CC3(Br)C#N)cc2o1. The van der Waals surface area contributed by atoms with Crippen LogP contribution in [0.5, 0.6) is 0 Å². The molecule has 2 unspecified atom stereocenters. The van der Waals surface area contributed by atoms with Gasteiger partial charge in [0.05, 0.1) is 12.7 Å². The lowest BCUT2D eigenvalue weighted by atomic mass is 10.1. The van der Waals surface area contributed by atoms with Crippen LogP contribution in [0.15, 0.2) is 28.7 Å². The molecule has 2 aromatic rings. The van der Waals surface area contributed by atoms with Crippen LogP contribution in [-0.4, -0.2) is 16.9 Å². The van der Waals surface area contributed by atoms with Crippen LogP contribution in [0, 0.1) is 11.3 Å². The summed E-state index contributed by atoms with van der Waals surface area (Å²) in [6.45, 7) is 2.07. The van der Waals surface area contributed by atoms with Gasteiger partial charge in [0.2, 0.25) is 5.76 Å². The van der Waals surface area contributed by atoms with Gasteiger partial charge in [0.1, 0.15) is 9.91 Å². The van der Waals surface area contributed by atoms with Gasteiger partial charge in [0.25, 0.3) is 0 Å². The van der Waals surface area contributed by atoms with Crippen molar-refractivity contribution in [3.05, 3.63) is 35.6 Å². The number of hydrogen-bond acceptors (Lipinski definition) is 4. The van der Waals surface area contributed by atoms with Gasteiger partial charge in [-0.2, -0.15) is 5.26 Å². The first-order valence-electron chi connectivity index (χ1n) is 6.38. The fraction of sp³-hybridized carbons (Fsp3) is 0.333. The van der Waals surface area contributed by atoms with Crippen LogP contribution < -0.4 is 0 Å². The van der Waals surface area contributed by atoms with Gasteiger partial charge < -0.3 is 9.15 Å². The molecule has 3 rings (SSSR count). The van der Waals surface area contributed by atoms with Gasteiger partial charge in [-0.1, -0.05) is 28.1 Å². The standard InChI is InChI=1S/C15H12BrNO3/c1-2-19-14(18)13-6-10-4-3-9(5-12(10)20-13)11-7-15(11,16)8-17/h3-6,11H,2,7H2,1H3. The second kappa shape index (κ2) is 4.64. The first-order valence-corrected chi connectivity index (χ1v) is 7.17. The Balaban J connectivity index is 1.93. The first kappa shape index (κ1) is 13.2. The van der Waals surface area contributed by atoms with Gasteiger partial charge in [-0.15, -0.1) is 0 Å². The molecular formula is C15H12BrNO3. The lowest BCUT2D eigenvalue weighted by Crippen LogP contribution is -2.02. The van der Waals surface area contributed by atoms with Crippen molar-refractivity contribution in [1.29, 1.82) is 5.26 Å². The van der Waals surface area contributed by atoms with Crippen molar-refractivity contribution in [3.63, 3.8) is 0 Å². The fourth-order valence-electron chi connectivity index (χ4n) is 2.31. The largest absolute Gasteiger partial charge is 0.460 e. The fourth-order valence-corrected chi connectivity index (χ4v) is 2.90. The van der Waals surface area contributed by atoms with Gasteiger partial charge in [0, 0.05) is 11.3 Å². The second-order valence-corrected chi connectivity index (χ2v) is 6.27. The summed E-state index contributed by atoms with van der Waals surface area (Å²) in [6, 6.07) is 9.71. The van der Waals surface area contributed by atoms with Crippen LogP contribution in [-0.2, 0) is 4.74 Å². The highest BCUT2D eigenvalue weighted by molar-refractivity contribution is 9.10. The summed E-state index contributed by atoms with van der Waals surface area (Å²) >= 11 is 3.44. The van der Waals surface area contributed by atoms with E-state index in [-0.39, 0.29) is 11.7 Å². The van der Waals surface area contributed by atoms with Crippen LogP contribution in [0.1, 0.15) is 35.4 Å². The number of halogens is 1. The molecular weight excluding hydrogens is 322 g/mol. The molecule has 0 amide bonds. The number of nitrogens with zero attached hydrogens (tertiary/aromatic N) is 1. The smallest absolute Gasteiger partial charge is 0.374 e. The summed E-state index contributed by atoms with van der Waals surface area (Å²) in [5.41, 5.74) is 1.69. The third-order valence-corrected chi connectivity index (χ3v) is 4.56. The Kier molecular flexibility index (Phi) is 3.06. The van der Waals surface area contributed by atoms with Crippen molar-refractivity contribution in [2.75, 3.05) is 6.61 Å². The zero-order valence-electron chi connectivity index (χ0n) is 10.9. The molecule has 1 saturated carbocycles. The molecule has 5 heteroatoms. The summed E-state index contributed by atoms with van der Waals surface area (Å²) < 4.78 is 10.00. The van der Waals surface area contributed by atoms with Crippen LogP contribution in [0.3, 0.4) is 0 Å². The molecule has 1 fully saturated rings. The van der Waals surface area contributed by atoms with Crippen LogP contribution in [0.25, 0.3) is 11.0 Å². The molecule has 0 aliphatic heterocycles. The molecule has 0 spiro atoms. The van der Waals surface area contributed by atoms with E-state index < -0.39 is 10.3 Å². The number of nitriles is 1. The minimum Gasteiger partial charge on any atom is -0.460 e. The molecule has 102 valence electrons. The monoisotopic (exact) mass is 333 g/mol. The number of fused-ring (bicyclic) bond motifs is 1. The lowest BCUT2D eigenvalue weighted by molar-refractivity contribution is 0.0492. The highest BCUT2D eigenvalue weighted by atomic mass is 79.9. The maximum Gasteiger partial charge on any atom is 0.374 e. The summed E-state index contributed by atoms with van der Waals surface area (Å²) in [5.74, 6) is -0.0724. The summed E-state index contributed by atoms with van der Waals surface area (Å²) in [4.78, 5) is 11.6. The molecule has 2 atom stereocenters. The van der Waals surface area contributed by atoms with Crippen LogP contribution >= 0.6 is 15.9 Å². The van der Waals surface area contributed by atoms with Crippen LogP contribution in [0.2, 0.25) is 0 Å². The highest BCUT2D eigenvalue weighted by Crippen LogP contribution is 2.57. The quantitative estimate of drug-likeness (QED) is 0.633. The molecule has 0 N–H and O–H groups in total. The van der Waals surface area contributed by atoms with Crippen molar-refractivity contribution < 1.29 is 13.9 Å². The molecule has 1 aliphatic carbocycles. The van der Waals surface area contributed by atoms with E-state index in [2.05, 4.69) is 22.0 Å². The molecule has 1 aromatic heterocycles. The third-order valence-electron chi connectivity index (χ3n) is 3.50. The Hall–Kier alpha value is -1.80. The number of carbonyl (C=O) groups is 1. The number of esters is 1. The molecule has 20 heavy (non-hydrogen) atoms. The molecule has 4 nitrogen and oxygen atoms in total. The van der Waals surface area contributed by atoms with E-state index in [0.717, 1.165) is 17.4 Å². The molecule has 0 saturated heterocycles. The predicted octanol–water partition coefficient (Wildman–Crippen LogP) is 3.75. The zero-order valence-corrected chi connectivity index (χ0v) is 12.4. The average Bonchev–Trinajstić information content (AvgIpc) is 2.96. The lowest BCUT2D eigenvalue weighted by Gasteiger charge is -2.00. The van der Waals surface area contributed by atoms with Gasteiger partial charge in [0.15, 0.2) is 0 Å². The normalized spacial score (nSPS) is 24.4. The van der Waals surface area contributed by atoms with Crippen molar-refractivity contribution in [2.45, 2.75) is 23.6 Å². The van der Waals surface area contributed by atoms with Gasteiger partial charge in [-0.05, 0) is 31.0 Å². The average molecular weight is 334 g/mol. The van der Waals surface area contributed by atoms with E-state index in [0.29, 0.717) is 12.2 Å². The Labute approximate surface area is 124 Å². The van der Waals surface area contributed by atoms with E-state index in [1.54, 1.807) is 13.0 Å². The van der Waals surface area contributed by atoms with Gasteiger partial charge >= 0.3 is 5.97 Å². The van der Waals surface area contributed by atoms with Gasteiger partial charge in [-0.25, -0.2) is 4.79 Å². The van der Waals surface area contributed by atoms with E-state index in [4.69, 9.17) is 14.4 Å². The van der Waals surface area contributed by atoms with E-state index in [1.165, 1.54) is 0 Å². The summed E-state index contributed by atoms with van der Waals surface area (Å²) in [7, 11) is 0. The number of benzene rings is 1. The van der Waals surface area contributed by atoms with Crippen molar-refractivity contribution in [3.8, 4) is 6.07 Å². The van der Waals surface area contributed by atoms with E-state index in [1.807, 2.05) is 18.2 Å². The summed E-state index contributed by atoms with van der Waals surface area (Å²) in [6.07, 6.45) is 0.792. The van der Waals surface area contributed by atoms with Crippen molar-refractivity contribution >= 4 is 32.9 Å². The minimum absolute atomic E-state index is 0.174. The maximum absolute atomic E-state index is 11.6. The highest BCUT2D eigenvalue weighted by Gasteiger charge is 2.53. The minimum atomic E-state index is -0.455. The van der Waals surface area contributed by atoms with Crippen molar-refractivity contribution in [2.24, 2.45) is 0 Å². The molecule has 1 heterocycles. The van der Waals surface area contributed by atoms with Crippen LogP contribution in [0.4, 0.5) is 0 Å². The van der Waals surface area contributed by atoms with E-state index in [9.17, 15) is 4.79 Å². The first-order chi connectivity index (χ1) is 9.57. The number of rotatable bonds is 3. The summed E-state index contributed by atoms with van der Waals surface area (Å²) in [5, 5.41) is 9.92. The number of furan rings is 1. The molecule has 0 radical (unpaired) electrons. The maximum atomic E-state index is 11.6. The van der Waals surface area contributed by atoms with Crippen molar-refractivity contribution in [1.82, 2.24) is 0 Å². The molecule has 1 aliphatic rings. The number of hydrogen-bond donors (Lipinski definition) is 0. The topological polar surface area (TPSA) is 63.2 Å². The Morgan fingerprint density at radius 3 is 3.05 bits per heavy atom. The Morgan fingerprint density at radius 2 is 2.40 bits per heavy atom. The Bertz CT molecular complexity index is 730. The zero-order chi connectivity index (χ0) is 14.3. The number of carbonyl (C=O) groups excluding carboxylic acids is 1. The number of ether oxygens (including phenoxy) is 1. The predicted molar refractivity (Wildman–Crippen MR) is 76.8 cm³/mol.